The second-order valence-electron chi connectivity index (χ2n) is 8.34. The van der Waals surface area contributed by atoms with Crippen LogP contribution in [0, 0.1) is 0 Å². The highest BCUT2D eigenvalue weighted by molar-refractivity contribution is 6.76. The fourth-order valence-electron chi connectivity index (χ4n) is 3.26. The van der Waals surface area contributed by atoms with E-state index in [1.807, 2.05) is 16.8 Å². The molecule has 1 amide bonds. The number of amides is 1. The monoisotopic (exact) mass is 425 g/mol. The van der Waals surface area contributed by atoms with E-state index in [2.05, 4.69) is 34.9 Å². The largest absolute Gasteiger partial charge is 0.465 e. The molecular formula is C18H28ClN5O3Si. The van der Waals surface area contributed by atoms with Gasteiger partial charge in [-0.15, -0.1) is 0 Å². The molecule has 154 valence electrons. The lowest BCUT2D eigenvalue weighted by atomic mass is 10.1. The number of anilines is 1. The van der Waals surface area contributed by atoms with Crippen molar-refractivity contribution in [2.45, 2.75) is 57.8 Å². The first-order chi connectivity index (χ1) is 13.2. The van der Waals surface area contributed by atoms with Crippen LogP contribution in [0.5, 0.6) is 0 Å². The Kier molecular flexibility index (Phi) is 6.46. The summed E-state index contributed by atoms with van der Waals surface area (Å²) >= 11 is 6.15. The van der Waals surface area contributed by atoms with Gasteiger partial charge in [-0.2, -0.15) is 9.97 Å². The van der Waals surface area contributed by atoms with E-state index < -0.39 is 14.2 Å². The van der Waals surface area contributed by atoms with Crippen molar-refractivity contribution in [1.82, 2.24) is 19.4 Å². The van der Waals surface area contributed by atoms with Gasteiger partial charge in [-0.05, 0) is 43.0 Å². The number of carbonyl (C=O) groups is 1. The van der Waals surface area contributed by atoms with E-state index in [4.69, 9.17) is 16.3 Å². The zero-order valence-electron chi connectivity index (χ0n) is 16.6. The first kappa shape index (κ1) is 20.9. The number of nitrogens with one attached hydrogen (secondary N) is 1. The van der Waals surface area contributed by atoms with Crippen LogP contribution < -0.4 is 5.32 Å². The van der Waals surface area contributed by atoms with Gasteiger partial charge < -0.3 is 19.7 Å². The SMILES string of the molecule is C[Si](C)(C)CCOCn1ccc2c(NC3CCCCN3C(=O)O)nc(Cl)nc21. The molecule has 3 heterocycles. The maximum Gasteiger partial charge on any atom is 0.408 e. The molecule has 1 aliphatic heterocycles. The van der Waals surface area contributed by atoms with Crippen molar-refractivity contribution in [3.8, 4) is 0 Å². The second-order valence-corrected chi connectivity index (χ2v) is 14.3. The maximum atomic E-state index is 11.5. The Bertz CT molecular complexity index is 838. The van der Waals surface area contributed by atoms with Crippen LogP contribution in [0.25, 0.3) is 11.0 Å². The molecule has 3 rings (SSSR count). The summed E-state index contributed by atoms with van der Waals surface area (Å²) in [6.07, 6.45) is 3.21. The van der Waals surface area contributed by atoms with Crippen molar-refractivity contribution in [1.29, 1.82) is 0 Å². The molecule has 1 saturated heterocycles. The number of rotatable bonds is 7. The summed E-state index contributed by atoms with van der Waals surface area (Å²) < 4.78 is 7.73. The predicted molar refractivity (Wildman–Crippen MR) is 113 cm³/mol. The minimum absolute atomic E-state index is 0.120. The molecule has 2 N–H and O–H groups in total. The number of aromatic nitrogens is 3. The highest BCUT2D eigenvalue weighted by Crippen LogP contribution is 2.26. The van der Waals surface area contributed by atoms with Crippen molar-refractivity contribution in [2.75, 3.05) is 18.5 Å². The van der Waals surface area contributed by atoms with E-state index in [-0.39, 0.29) is 11.4 Å². The number of piperidine rings is 1. The van der Waals surface area contributed by atoms with Crippen molar-refractivity contribution in [2.24, 2.45) is 0 Å². The average Bonchev–Trinajstić information content (AvgIpc) is 3.01. The third-order valence-electron chi connectivity index (χ3n) is 4.87. The number of hydrogen-bond acceptors (Lipinski definition) is 5. The van der Waals surface area contributed by atoms with Gasteiger partial charge in [0, 0.05) is 27.4 Å². The quantitative estimate of drug-likeness (QED) is 0.390. The Morgan fingerprint density at radius 2 is 2.18 bits per heavy atom. The first-order valence-corrected chi connectivity index (χ1v) is 13.7. The van der Waals surface area contributed by atoms with Gasteiger partial charge in [-0.25, -0.2) is 4.79 Å². The molecule has 1 fully saturated rings. The molecule has 1 unspecified atom stereocenters. The van der Waals surface area contributed by atoms with E-state index in [0.717, 1.165) is 37.3 Å². The summed E-state index contributed by atoms with van der Waals surface area (Å²) in [7, 11) is -1.14. The number of fused-ring (bicyclic) bond motifs is 1. The summed E-state index contributed by atoms with van der Waals surface area (Å²) in [6, 6.07) is 3.01. The molecule has 0 radical (unpaired) electrons. The van der Waals surface area contributed by atoms with E-state index in [9.17, 15) is 9.90 Å². The lowest BCUT2D eigenvalue weighted by molar-refractivity contribution is 0.0899. The van der Waals surface area contributed by atoms with Crippen LogP contribution in [-0.2, 0) is 11.5 Å². The molecule has 8 nitrogen and oxygen atoms in total. The van der Waals surface area contributed by atoms with Gasteiger partial charge in [0.15, 0.2) is 0 Å². The third-order valence-corrected chi connectivity index (χ3v) is 6.74. The smallest absolute Gasteiger partial charge is 0.408 e. The summed E-state index contributed by atoms with van der Waals surface area (Å²) in [5.74, 6) is 0.550. The summed E-state index contributed by atoms with van der Waals surface area (Å²) in [4.78, 5) is 21.6. The molecule has 0 bridgehead atoms. The molecule has 0 spiro atoms. The van der Waals surface area contributed by atoms with E-state index in [0.29, 0.717) is 24.7 Å². The fourth-order valence-corrected chi connectivity index (χ4v) is 4.18. The Hall–Kier alpha value is -1.84. The fraction of sp³-hybridized carbons (Fsp3) is 0.611. The normalized spacial score (nSPS) is 17.9. The van der Waals surface area contributed by atoms with E-state index in [1.165, 1.54) is 4.90 Å². The van der Waals surface area contributed by atoms with Crippen LogP contribution in [0.15, 0.2) is 12.3 Å². The van der Waals surface area contributed by atoms with E-state index >= 15 is 0 Å². The molecule has 1 atom stereocenters. The van der Waals surface area contributed by atoms with Crippen LogP contribution >= 0.6 is 11.6 Å². The van der Waals surface area contributed by atoms with Crippen LogP contribution in [0.1, 0.15) is 19.3 Å². The lowest BCUT2D eigenvalue weighted by Crippen LogP contribution is -2.47. The standard InChI is InChI=1S/C18H28ClN5O3Si/c1-28(2,3)11-10-27-12-23-9-7-13-15(21-17(19)22-16(13)23)20-14-6-4-5-8-24(14)18(25)26/h7,9,14H,4-6,8,10-12H2,1-3H3,(H,25,26)(H,20,21,22). The molecule has 10 heteroatoms. The van der Waals surface area contributed by atoms with Gasteiger partial charge in [0.1, 0.15) is 24.4 Å². The van der Waals surface area contributed by atoms with E-state index in [1.54, 1.807) is 0 Å². The van der Waals surface area contributed by atoms with Crippen LogP contribution in [-0.4, -0.2) is 58.0 Å². The number of nitrogens with zero attached hydrogens (tertiary/aromatic N) is 4. The molecule has 0 aliphatic carbocycles. The molecule has 28 heavy (non-hydrogen) atoms. The zero-order valence-corrected chi connectivity index (χ0v) is 18.4. The molecule has 1 aliphatic rings. The van der Waals surface area contributed by atoms with Crippen molar-refractivity contribution < 1.29 is 14.6 Å². The zero-order chi connectivity index (χ0) is 20.3. The first-order valence-electron chi connectivity index (χ1n) is 9.61. The number of likely N-dealkylation sites (tertiary alicyclic amines) is 1. The third kappa shape index (κ3) is 5.15. The molecule has 2 aromatic rings. The topological polar surface area (TPSA) is 92.5 Å². The summed E-state index contributed by atoms with van der Waals surface area (Å²) in [5, 5.41) is 13.6. The predicted octanol–water partition coefficient (Wildman–Crippen LogP) is 4.30. The number of halogens is 1. The van der Waals surface area contributed by atoms with Crippen LogP contribution in [0.4, 0.5) is 10.6 Å². The van der Waals surface area contributed by atoms with Gasteiger partial charge >= 0.3 is 6.09 Å². The Labute approximate surface area is 170 Å². The van der Waals surface area contributed by atoms with Crippen LogP contribution in [0.3, 0.4) is 0 Å². The average molecular weight is 426 g/mol. The molecule has 2 aromatic heterocycles. The lowest BCUT2D eigenvalue weighted by Gasteiger charge is -2.34. The molecule has 0 saturated carbocycles. The van der Waals surface area contributed by atoms with Crippen molar-refractivity contribution in [3.05, 3.63) is 17.5 Å². The molecule has 0 aromatic carbocycles. The minimum atomic E-state index is -1.14. The molecular weight excluding hydrogens is 398 g/mol. The highest BCUT2D eigenvalue weighted by atomic mass is 35.5. The Morgan fingerprint density at radius 3 is 2.89 bits per heavy atom. The van der Waals surface area contributed by atoms with Gasteiger partial charge in [0.2, 0.25) is 5.28 Å². The number of hydrogen-bond donors (Lipinski definition) is 2. The second kappa shape index (κ2) is 8.67. The summed E-state index contributed by atoms with van der Waals surface area (Å²) in [5.41, 5.74) is 0.674. The van der Waals surface area contributed by atoms with Crippen LogP contribution in [0.2, 0.25) is 31.0 Å². The maximum absolute atomic E-state index is 11.5. The number of ether oxygens (including phenoxy) is 1. The Balaban J connectivity index is 1.76. The van der Waals surface area contributed by atoms with Gasteiger partial charge in [-0.1, -0.05) is 19.6 Å². The van der Waals surface area contributed by atoms with Gasteiger partial charge in [0.05, 0.1) is 5.39 Å². The summed E-state index contributed by atoms with van der Waals surface area (Å²) in [6.45, 7) is 8.58. The highest BCUT2D eigenvalue weighted by Gasteiger charge is 2.27. The Morgan fingerprint density at radius 1 is 1.39 bits per heavy atom. The van der Waals surface area contributed by atoms with Crippen molar-refractivity contribution >= 4 is 42.6 Å². The van der Waals surface area contributed by atoms with Gasteiger partial charge in [-0.3, -0.25) is 4.90 Å². The van der Waals surface area contributed by atoms with Crippen molar-refractivity contribution in [3.63, 3.8) is 0 Å². The minimum Gasteiger partial charge on any atom is -0.465 e. The number of carboxylic acid groups (broad SMARTS) is 1. The van der Waals surface area contributed by atoms with Gasteiger partial charge in [0.25, 0.3) is 0 Å².